The van der Waals surface area contributed by atoms with Gasteiger partial charge in [0.1, 0.15) is 5.01 Å². The van der Waals surface area contributed by atoms with Gasteiger partial charge in [-0.25, -0.2) is 4.98 Å². The third kappa shape index (κ3) is 3.46. The summed E-state index contributed by atoms with van der Waals surface area (Å²) in [4.78, 5) is 5.15. The van der Waals surface area contributed by atoms with E-state index < -0.39 is 11.7 Å². The maximum absolute atomic E-state index is 12.6. The molecule has 0 aliphatic heterocycles. The number of aliphatic hydroxyl groups excluding tert-OH is 1. The minimum Gasteiger partial charge on any atom is -0.472 e. The van der Waals surface area contributed by atoms with Gasteiger partial charge in [0, 0.05) is 12.0 Å². The summed E-state index contributed by atoms with van der Waals surface area (Å²) in [5.41, 5.74) is 1.52. The smallest absolute Gasteiger partial charge is 0.416 e. The van der Waals surface area contributed by atoms with Gasteiger partial charge >= 0.3 is 6.18 Å². The highest BCUT2D eigenvalue weighted by atomic mass is 32.1. The molecular formula is C16H12F3NO2S. The second-order valence-corrected chi connectivity index (χ2v) is 6.01. The molecule has 0 radical (unpaired) electrons. The van der Waals surface area contributed by atoms with Crippen LogP contribution in [0.25, 0.3) is 10.6 Å². The largest absolute Gasteiger partial charge is 0.472 e. The monoisotopic (exact) mass is 339 g/mol. The molecule has 23 heavy (non-hydrogen) atoms. The average Bonchev–Trinajstić information content (AvgIpc) is 3.16. The molecule has 0 saturated carbocycles. The lowest BCUT2D eigenvalue weighted by molar-refractivity contribution is -0.137. The van der Waals surface area contributed by atoms with E-state index in [1.807, 2.05) is 0 Å². The lowest BCUT2D eigenvalue weighted by Gasteiger charge is -2.06. The zero-order valence-corrected chi connectivity index (χ0v) is 12.6. The average molecular weight is 339 g/mol. The Morgan fingerprint density at radius 2 is 1.87 bits per heavy atom. The van der Waals surface area contributed by atoms with Crippen molar-refractivity contribution < 1.29 is 22.7 Å². The fraction of sp³-hybridized carbons (Fsp3) is 0.188. The van der Waals surface area contributed by atoms with Gasteiger partial charge in [0.15, 0.2) is 0 Å². The van der Waals surface area contributed by atoms with Crippen molar-refractivity contribution in [2.75, 3.05) is 0 Å². The van der Waals surface area contributed by atoms with Crippen molar-refractivity contribution in [2.24, 2.45) is 0 Å². The first kappa shape index (κ1) is 15.8. The molecule has 0 aliphatic rings. The van der Waals surface area contributed by atoms with Gasteiger partial charge in [-0.15, -0.1) is 11.3 Å². The summed E-state index contributed by atoms with van der Waals surface area (Å²) >= 11 is 1.27. The van der Waals surface area contributed by atoms with Crippen LogP contribution in [0.15, 0.2) is 47.3 Å². The van der Waals surface area contributed by atoms with Crippen molar-refractivity contribution in [3.63, 3.8) is 0 Å². The Hall–Kier alpha value is -2.12. The summed E-state index contributed by atoms with van der Waals surface area (Å²) in [6.45, 7) is -0.161. The maximum Gasteiger partial charge on any atom is 0.416 e. The van der Waals surface area contributed by atoms with Crippen LogP contribution < -0.4 is 0 Å². The molecule has 2 aromatic heterocycles. The van der Waals surface area contributed by atoms with Crippen LogP contribution in [-0.2, 0) is 19.2 Å². The van der Waals surface area contributed by atoms with Gasteiger partial charge in [-0.05, 0) is 23.8 Å². The fourth-order valence-corrected chi connectivity index (χ4v) is 3.10. The molecule has 0 bridgehead atoms. The molecular weight excluding hydrogens is 327 g/mol. The number of halogens is 3. The molecule has 120 valence electrons. The first-order chi connectivity index (χ1) is 11.0. The van der Waals surface area contributed by atoms with E-state index in [4.69, 9.17) is 4.42 Å². The van der Waals surface area contributed by atoms with Crippen LogP contribution in [0.4, 0.5) is 13.2 Å². The molecule has 7 heteroatoms. The van der Waals surface area contributed by atoms with Gasteiger partial charge in [0.25, 0.3) is 0 Å². The van der Waals surface area contributed by atoms with E-state index in [0.29, 0.717) is 27.6 Å². The molecule has 0 spiro atoms. The molecule has 0 fully saturated rings. The van der Waals surface area contributed by atoms with E-state index in [1.54, 1.807) is 18.6 Å². The van der Waals surface area contributed by atoms with Gasteiger partial charge in [-0.1, -0.05) is 12.1 Å². The number of hydrogen-bond donors (Lipinski definition) is 1. The first-order valence-corrected chi connectivity index (χ1v) is 7.57. The molecule has 1 N–H and O–H groups in total. The van der Waals surface area contributed by atoms with E-state index in [2.05, 4.69) is 4.98 Å². The number of thiazole rings is 1. The standard InChI is InChI=1S/C16H12F3NO2S/c17-16(18,19)12-3-1-11(2-4-12)15-20-13(14(8-21)23-15)7-10-5-6-22-9-10/h1-6,9,21H,7-8H2. The van der Waals surface area contributed by atoms with Crippen LogP contribution in [-0.4, -0.2) is 10.1 Å². The predicted molar refractivity (Wildman–Crippen MR) is 80.0 cm³/mol. The summed E-state index contributed by atoms with van der Waals surface area (Å²) < 4.78 is 42.8. The molecule has 1 aromatic carbocycles. The zero-order chi connectivity index (χ0) is 16.4. The number of nitrogens with zero attached hydrogens (tertiary/aromatic N) is 1. The quantitative estimate of drug-likeness (QED) is 0.761. The van der Waals surface area contributed by atoms with E-state index in [1.165, 1.54) is 23.5 Å². The second-order valence-electron chi connectivity index (χ2n) is 4.93. The van der Waals surface area contributed by atoms with Crippen LogP contribution in [0.2, 0.25) is 0 Å². The topological polar surface area (TPSA) is 46.3 Å². The summed E-state index contributed by atoms with van der Waals surface area (Å²) in [6, 6.07) is 6.66. The molecule has 0 unspecified atom stereocenters. The molecule has 3 rings (SSSR count). The molecule has 0 aliphatic carbocycles. The third-order valence-electron chi connectivity index (χ3n) is 3.33. The van der Waals surface area contributed by atoms with Gasteiger partial charge in [-0.3, -0.25) is 0 Å². The highest BCUT2D eigenvalue weighted by molar-refractivity contribution is 7.15. The first-order valence-electron chi connectivity index (χ1n) is 6.75. The molecule has 0 saturated heterocycles. The van der Waals surface area contributed by atoms with E-state index in [-0.39, 0.29) is 6.61 Å². The second kappa shape index (κ2) is 6.17. The van der Waals surface area contributed by atoms with Gasteiger partial charge in [-0.2, -0.15) is 13.2 Å². The van der Waals surface area contributed by atoms with E-state index >= 15 is 0 Å². The van der Waals surface area contributed by atoms with Crippen molar-refractivity contribution in [3.05, 3.63) is 64.6 Å². The van der Waals surface area contributed by atoms with Crippen molar-refractivity contribution in [1.29, 1.82) is 0 Å². The SMILES string of the molecule is OCc1sc(-c2ccc(C(F)(F)F)cc2)nc1Cc1ccoc1. The minimum absolute atomic E-state index is 0.161. The normalized spacial score (nSPS) is 11.8. The Bertz CT molecular complexity index is 777. The Balaban J connectivity index is 1.89. The molecule has 2 heterocycles. The van der Waals surface area contributed by atoms with E-state index in [0.717, 1.165) is 17.7 Å². The number of alkyl halides is 3. The van der Waals surface area contributed by atoms with Crippen molar-refractivity contribution in [2.45, 2.75) is 19.2 Å². The number of rotatable bonds is 4. The van der Waals surface area contributed by atoms with Crippen molar-refractivity contribution in [1.82, 2.24) is 4.98 Å². The Morgan fingerprint density at radius 1 is 1.13 bits per heavy atom. The maximum atomic E-state index is 12.6. The number of furan rings is 1. The minimum atomic E-state index is -4.36. The summed E-state index contributed by atoms with van der Waals surface area (Å²) in [5, 5.41) is 10.0. The lowest BCUT2D eigenvalue weighted by Crippen LogP contribution is -2.03. The highest BCUT2D eigenvalue weighted by Crippen LogP contribution is 2.33. The molecule has 3 aromatic rings. The summed E-state index contributed by atoms with van der Waals surface area (Å²) in [5.74, 6) is 0. The van der Waals surface area contributed by atoms with Crippen molar-refractivity contribution in [3.8, 4) is 10.6 Å². The van der Waals surface area contributed by atoms with Crippen LogP contribution >= 0.6 is 11.3 Å². The molecule has 0 atom stereocenters. The van der Waals surface area contributed by atoms with Crippen LogP contribution in [0.3, 0.4) is 0 Å². The number of benzene rings is 1. The zero-order valence-electron chi connectivity index (χ0n) is 11.8. The molecule has 0 amide bonds. The lowest BCUT2D eigenvalue weighted by atomic mass is 10.1. The van der Waals surface area contributed by atoms with Gasteiger partial charge in [0.2, 0.25) is 0 Å². The van der Waals surface area contributed by atoms with E-state index in [9.17, 15) is 18.3 Å². The fourth-order valence-electron chi connectivity index (χ4n) is 2.16. The number of aliphatic hydroxyl groups is 1. The number of hydrogen-bond acceptors (Lipinski definition) is 4. The van der Waals surface area contributed by atoms with Crippen molar-refractivity contribution >= 4 is 11.3 Å². The number of aromatic nitrogens is 1. The Kier molecular flexibility index (Phi) is 4.23. The highest BCUT2D eigenvalue weighted by Gasteiger charge is 2.30. The predicted octanol–water partition coefficient (Wildman–Crippen LogP) is 4.51. The summed E-state index contributed by atoms with van der Waals surface area (Å²) in [6.07, 6.45) is -0.705. The van der Waals surface area contributed by atoms with Gasteiger partial charge < -0.3 is 9.52 Å². The van der Waals surface area contributed by atoms with Gasteiger partial charge in [0.05, 0.1) is 35.3 Å². The van der Waals surface area contributed by atoms with Crippen LogP contribution in [0.1, 0.15) is 21.7 Å². The third-order valence-corrected chi connectivity index (χ3v) is 4.46. The van der Waals surface area contributed by atoms with Crippen LogP contribution in [0.5, 0.6) is 0 Å². The van der Waals surface area contributed by atoms with Crippen LogP contribution in [0, 0.1) is 0 Å². The summed E-state index contributed by atoms with van der Waals surface area (Å²) in [7, 11) is 0. The Morgan fingerprint density at radius 3 is 2.43 bits per heavy atom. The molecule has 3 nitrogen and oxygen atoms in total. The Labute approximate surface area is 134 Å².